The fourth-order valence-corrected chi connectivity index (χ4v) is 2.99. The number of sulfonamides is 1. The summed E-state index contributed by atoms with van der Waals surface area (Å²) in [5.74, 6) is 0. The van der Waals surface area contributed by atoms with Gasteiger partial charge in [0.1, 0.15) is 4.66 Å². The molecule has 2 rings (SSSR count). The molecule has 1 N–H and O–H groups in total. The summed E-state index contributed by atoms with van der Waals surface area (Å²) in [4.78, 5) is 2.34. The van der Waals surface area contributed by atoms with Gasteiger partial charge in [0.2, 0.25) is 10.0 Å². The molecule has 0 radical (unpaired) electrons. The lowest BCUT2D eigenvalue weighted by Crippen LogP contribution is -2.29. The zero-order valence-corrected chi connectivity index (χ0v) is 12.5. The molecule has 1 aromatic rings. The summed E-state index contributed by atoms with van der Waals surface area (Å²) in [6.07, 6.45) is 3.77. The first-order valence-corrected chi connectivity index (χ1v) is 8.79. The number of anilines is 2. The highest BCUT2D eigenvalue weighted by atomic mass is 79.9. The molecule has 4 nitrogen and oxygen atoms in total. The van der Waals surface area contributed by atoms with Crippen LogP contribution in [0.5, 0.6) is 0 Å². The number of benzene rings is 1. The number of rotatable bonds is 4. The van der Waals surface area contributed by atoms with E-state index in [2.05, 4.69) is 25.6 Å². The maximum Gasteiger partial charge on any atom is 0.242 e. The number of alkyl halides is 1. The molecule has 1 fully saturated rings. The van der Waals surface area contributed by atoms with E-state index in [4.69, 9.17) is 0 Å². The molecule has 1 aliphatic rings. The fourth-order valence-electron chi connectivity index (χ4n) is 2.10. The summed E-state index contributed by atoms with van der Waals surface area (Å²) >= 11 is 2.95. The van der Waals surface area contributed by atoms with Crippen LogP contribution in [0, 0.1) is 0 Å². The number of nitrogens with one attached hydrogen (secondary N) is 1. The molecule has 100 valence electrons. The Kier molecular flexibility index (Phi) is 4.50. The summed E-state index contributed by atoms with van der Waals surface area (Å²) in [7, 11) is -3.26. The van der Waals surface area contributed by atoms with Gasteiger partial charge in [-0.15, -0.1) is 0 Å². The highest BCUT2D eigenvalue weighted by molar-refractivity contribution is 9.10. The summed E-state index contributed by atoms with van der Waals surface area (Å²) in [6, 6.07) is 7.56. The van der Waals surface area contributed by atoms with Crippen LogP contribution in [-0.4, -0.2) is 26.2 Å². The standard InChI is InChI=1S/C12H17BrN2O2S/c13-10-18(16,17)14-11-4-6-12(7-5-11)15-8-2-1-3-9-15/h4-7,14H,1-3,8-10H2. The van der Waals surface area contributed by atoms with Crippen LogP contribution < -0.4 is 9.62 Å². The molecule has 1 saturated heterocycles. The second-order valence-corrected chi connectivity index (χ2v) is 7.45. The van der Waals surface area contributed by atoms with Crippen LogP contribution in [0.4, 0.5) is 11.4 Å². The Morgan fingerprint density at radius 3 is 2.28 bits per heavy atom. The molecule has 1 aliphatic heterocycles. The summed E-state index contributed by atoms with van der Waals surface area (Å²) in [5, 5.41) is 0. The van der Waals surface area contributed by atoms with Crippen LogP contribution in [0.15, 0.2) is 24.3 Å². The molecular formula is C12H17BrN2O2S. The predicted octanol–water partition coefficient (Wildman–Crippen LogP) is 2.77. The second kappa shape index (κ2) is 5.93. The molecule has 0 aliphatic carbocycles. The number of nitrogens with zero attached hydrogens (tertiary/aromatic N) is 1. The molecule has 1 aromatic carbocycles. The quantitative estimate of drug-likeness (QED) is 0.862. The van der Waals surface area contributed by atoms with E-state index in [1.807, 2.05) is 24.3 Å². The van der Waals surface area contributed by atoms with E-state index < -0.39 is 10.0 Å². The first-order valence-electron chi connectivity index (χ1n) is 6.02. The highest BCUT2D eigenvalue weighted by Gasteiger charge is 2.11. The first kappa shape index (κ1) is 13.7. The summed E-state index contributed by atoms with van der Waals surface area (Å²) in [6.45, 7) is 2.18. The van der Waals surface area contributed by atoms with Crippen molar-refractivity contribution in [1.29, 1.82) is 0 Å². The topological polar surface area (TPSA) is 49.4 Å². The zero-order chi connectivity index (χ0) is 13.0. The molecule has 1 heterocycles. The van der Waals surface area contributed by atoms with Gasteiger partial charge in [-0.2, -0.15) is 0 Å². The number of hydrogen-bond acceptors (Lipinski definition) is 3. The van der Waals surface area contributed by atoms with Crippen molar-refractivity contribution in [2.24, 2.45) is 0 Å². The molecule has 6 heteroatoms. The molecule has 0 saturated carbocycles. The van der Waals surface area contributed by atoms with E-state index >= 15 is 0 Å². The Morgan fingerprint density at radius 1 is 1.11 bits per heavy atom. The van der Waals surface area contributed by atoms with E-state index in [0.717, 1.165) is 18.8 Å². The van der Waals surface area contributed by atoms with Gasteiger partial charge in [0.05, 0.1) is 0 Å². The molecule has 0 unspecified atom stereocenters. The SMILES string of the molecule is O=S(=O)(CBr)Nc1ccc(N2CCCCC2)cc1. The molecule has 0 aromatic heterocycles. The molecule has 0 atom stereocenters. The number of piperidine rings is 1. The van der Waals surface area contributed by atoms with Crippen molar-refractivity contribution in [3.05, 3.63) is 24.3 Å². The Morgan fingerprint density at radius 2 is 1.72 bits per heavy atom. The van der Waals surface area contributed by atoms with Gasteiger partial charge < -0.3 is 4.90 Å². The first-order chi connectivity index (χ1) is 8.61. The predicted molar refractivity (Wildman–Crippen MR) is 78.8 cm³/mol. The normalized spacial score (nSPS) is 16.6. The van der Waals surface area contributed by atoms with E-state index in [-0.39, 0.29) is 4.66 Å². The fraction of sp³-hybridized carbons (Fsp3) is 0.500. The smallest absolute Gasteiger partial charge is 0.242 e. The third-order valence-electron chi connectivity index (χ3n) is 3.01. The maximum atomic E-state index is 11.4. The monoisotopic (exact) mass is 332 g/mol. The van der Waals surface area contributed by atoms with Crippen LogP contribution in [-0.2, 0) is 10.0 Å². The Hall–Kier alpha value is -0.750. The highest BCUT2D eigenvalue weighted by Crippen LogP contribution is 2.22. The minimum Gasteiger partial charge on any atom is -0.372 e. The van der Waals surface area contributed by atoms with Crippen LogP contribution >= 0.6 is 15.9 Å². The number of halogens is 1. The van der Waals surface area contributed by atoms with Crippen molar-refractivity contribution in [2.45, 2.75) is 19.3 Å². The molecule has 0 amide bonds. The Bertz CT molecular complexity index is 481. The van der Waals surface area contributed by atoms with Crippen molar-refractivity contribution in [3.8, 4) is 0 Å². The van der Waals surface area contributed by atoms with Crippen LogP contribution in [0.1, 0.15) is 19.3 Å². The minimum atomic E-state index is -3.26. The average molecular weight is 333 g/mol. The largest absolute Gasteiger partial charge is 0.372 e. The summed E-state index contributed by atoms with van der Waals surface area (Å²) < 4.78 is 25.2. The van der Waals surface area contributed by atoms with Crippen molar-refractivity contribution in [1.82, 2.24) is 0 Å². The van der Waals surface area contributed by atoms with Crippen molar-refractivity contribution in [3.63, 3.8) is 0 Å². The minimum absolute atomic E-state index is 0.0894. The number of hydrogen-bond donors (Lipinski definition) is 1. The Labute approximate surface area is 117 Å². The lowest BCUT2D eigenvalue weighted by molar-refractivity contribution is 0.578. The molecular weight excluding hydrogens is 316 g/mol. The van der Waals surface area contributed by atoms with Crippen molar-refractivity contribution < 1.29 is 8.42 Å². The van der Waals surface area contributed by atoms with Crippen LogP contribution in [0.25, 0.3) is 0 Å². The zero-order valence-electron chi connectivity index (χ0n) is 10.1. The van der Waals surface area contributed by atoms with Crippen LogP contribution in [0.3, 0.4) is 0 Å². The van der Waals surface area contributed by atoms with Gasteiger partial charge in [0, 0.05) is 24.5 Å². The lowest BCUT2D eigenvalue weighted by Gasteiger charge is -2.28. The van der Waals surface area contributed by atoms with E-state index in [1.165, 1.54) is 19.3 Å². The van der Waals surface area contributed by atoms with Gasteiger partial charge in [0.25, 0.3) is 0 Å². The van der Waals surface area contributed by atoms with Crippen LogP contribution in [0.2, 0.25) is 0 Å². The van der Waals surface area contributed by atoms with Gasteiger partial charge in [-0.3, -0.25) is 4.72 Å². The van der Waals surface area contributed by atoms with Crippen molar-refractivity contribution >= 4 is 37.3 Å². The summed E-state index contributed by atoms with van der Waals surface area (Å²) in [5.41, 5.74) is 1.77. The molecule has 0 bridgehead atoms. The maximum absolute atomic E-state index is 11.4. The van der Waals surface area contributed by atoms with Gasteiger partial charge in [0.15, 0.2) is 0 Å². The average Bonchev–Trinajstić information content (AvgIpc) is 2.40. The van der Waals surface area contributed by atoms with Gasteiger partial charge in [-0.25, -0.2) is 8.42 Å². The third kappa shape index (κ3) is 3.62. The molecule has 18 heavy (non-hydrogen) atoms. The van der Waals surface area contributed by atoms with Gasteiger partial charge >= 0.3 is 0 Å². The van der Waals surface area contributed by atoms with E-state index in [1.54, 1.807) is 0 Å². The van der Waals surface area contributed by atoms with E-state index in [0.29, 0.717) is 5.69 Å². The Balaban J connectivity index is 2.05. The lowest BCUT2D eigenvalue weighted by atomic mass is 10.1. The van der Waals surface area contributed by atoms with Crippen molar-refractivity contribution in [2.75, 3.05) is 27.4 Å². The second-order valence-electron chi connectivity index (χ2n) is 4.42. The van der Waals surface area contributed by atoms with Gasteiger partial charge in [-0.1, -0.05) is 15.9 Å². The molecule has 0 spiro atoms. The van der Waals surface area contributed by atoms with Gasteiger partial charge in [-0.05, 0) is 43.5 Å². The third-order valence-corrected chi connectivity index (χ3v) is 5.65. The van der Waals surface area contributed by atoms with E-state index in [9.17, 15) is 8.42 Å².